The van der Waals surface area contributed by atoms with E-state index in [0.29, 0.717) is 33.8 Å². The third-order valence-corrected chi connectivity index (χ3v) is 3.37. The van der Waals surface area contributed by atoms with Gasteiger partial charge in [-0.25, -0.2) is 9.69 Å². The van der Waals surface area contributed by atoms with Gasteiger partial charge in [-0.2, -0.15) is 0 Å². The summed E-state index contributed by atoms with van der Waals surface area (Å²) in [6.45, 7) is 0. The number of imide groups is 1. The summed E-state index contributed by atoms with van der Waals surface area (Å²) in [4.78, 5) is 32.9. The molecule has 0 bridgehead atoms. The number of carbonyl (C=O) groups is 2. The summed E-state index contributed by atoms with van der Waals surface area (Å²) >= 11 is 5.87. The van der Waals surface area contributed by atoms with Crippen molar-refractivity contribution in [2.24, 2.45) is 0 Å². The van der Waals surface area contributed by atoms with Gasteiger partial charge >= 0.3 is 6.03 Å². The number of benzene rings is 2. The molecule has 0 saturated carbocycles. The number of rotatable bonds is 3. The fraction of sp³-hybridized carbons (Fsp3) is 0. The average molecular weight is 327 g/mol. The smallest absolute Gasteiger partial charge is 0.307 e. The molecule has 0 radical (unpaired) electrons. The second kappa shape index (κ2) is 6.41. The lowest BCUT2D eigenvalue weighted by Gasteiger charge is -2.16. The van der Waals surface area contributed by atoms with E-state index in [0.717, 1.165) is 4.90 Å². The summed E-state index contributed by atoms with van der Waals surface area (Å²) < 4.78 is 0. The summed E-state index contributed by atoms with van der Waals surface area (Å²) in [7, 11) is 0. The Kier molecular flexibility index (Phi) is 4.16. The zero-order valence-electron chi connectivity index (χ0n) is 11.8. The fourth-order valence-electron chi connectivity index (χ4n) is 2.08. The van der Waals surface area contributed by atoms with Gasteiger partial charge in [-0.1, -0.05) is 17.7 Å². The highest BCUT2D eigenvalue weighted by Gasteiger charge is 2.16. The van der Waals surface area contributed by atoms with E-state index in [1.165, 1.54) is 0 Å². The number of urea groups is 1. The average Bonchev–Trinajstić information content (AvgIpc) is 2.55. The predicted molar refractivity (Wildman–Crippen MR) is 88.6 cm³/mol. The van der Waals surface area contributed by atoms with Crippen LogP contribution in [0.25, 0.3) is 11.0 Å². The lowest BCUT2D eigenvalue weighted by Crippen LogP contribution is -2.33. The van der Waals surface area contributed by atoms with Crippen LogP contribution in [0.3, 0.4) is 0 Å². The van der Waals surface area contributed by atoms with Crippen molar-refractivity contribution in [2.45, 2.75) is 0 Å². The maximum absolute atomic E-state index is 12.3. The Morgan fingerprint density at radius 3 is 2.61 bits per heavy atom. The molecule has 3 aromatic rings. The Balaban J connectivity index is 1.88. The monoisotopic (exact) mass is 326 g/mol. The van der Waals surface area contributed by atoms with Crippen LogP contribution in [-0.4, -0.2) is 22.4 Å². The summed E-state index contributed by atoms with van der Waals surface area (Å²) in [5, 5.41) is 3.10. The van der Waals surface area contributed by atoms with Crippen molar-refractivity contribution in [3.8, 4) is 0 Å². The molecule has 23 heavy (non-hydrogen) atoms. The number of fused-ring (bicyclic) bond motifs is 1. The minimum absolute atomic E-state index is 0.396. The topological polar surface area (TPSA) is 75.2 Å². The van der Waals surface area contributed by atoms with E-state index in [1.807, 2.05) is 0 Å². The van der Waals surface area contributed by atoms with Crippen molar-refractivity contribution in [3.05, 3.63) is 59.9 Å². The molecule has 2 aromatic carbocycles. The van der Waals surface area contributed by atoms with Crippen LogP contribution < -0.4 is 10.2 Å². The SMILES string of the molecule is O=CN(C(=O)Nc1cccc(Cl)c1)c1ccc2nccnc2c1. The number of nitrogens with zero attached hydrogens (tertiary/aromatic N) is 3. The van der Waals surface area contributed by atoms with E-state index in [9.17, 15) is 9.59 Å². The molecule has 114 valence electrons. The summed E-state index contributed by atoms with van der Waals surface area (Å²) in [6, 6.07) is 11.0. The molecule has 0 spiro atoms. The van der Waals surface area contributed by atoms with E-state index >= 15 is 0 Å². The van der Waals surface area contributed by atoms with Crippen LogP contribution in [-0.2, 0) is 4.79 Å². The lowest BCUT2D eigenvalue weighted by molar-refractivity contribution is -0.106. The Hall–Kier alpha value is -2.99. The second-order valence-corrected chi connectivity index (χ2v) is 5.08. The molecule has 0 fully saturated rings. The largest absolute Gasteiger partial charge is 0.332 e. The third kappa shape index (κ3) is 3.27. The molecule has 6 nitrogen and oxygen atoms in total. The number of aromatic nitrogens is 2. The Labute approximate surface area is 136 Å². The van der Waals surface area contributed by atoms with Gasteiger partial charge in [-0.15, -0.1) is 0 Å². The second-order valence-electron chi connectivity index (χ2n) is 4.65. The highest BCUT2D eigenvalue weighted by atomic mass is 35.5. The van der Waals surface area contributed by atoms with Crippen LogP contribution in [0.15, 0.2) is 54.9 Å². The van der Waals surface area contributed by atoms with Gasteiger partial charge in [0.15, 0.2) is 0 Å². The Morgan fingerprint density at radius 1 is 1.09 bits per heavy atom. The van der Waals surface area contributed by atoms with Crippen LogP contribution in [0.5, 0.6) is 0 Å². The lowest BCUT2D eigenvalue weighted by atomic mass is 10.2. The molecule has 0 unspecified atom stereocenters. The fourth-order valence-corrected chi connectivity index (χ4v) is 2.27. The number of hydrogen-bond donors (Lipinski definition) is 1. The molecule has 1 aromatic heterocycles. The molecule has 0 saturated heterocycles. The molecule has 7 heteroatoms. The maximum atomic E-state index is 12.3. The van der Waals surface area contributed by atoms with E-state index in [1.54, 1.807) is 54.9 Å². The zero-order valence-corrected chi connectivity index (χ0v) is 12.6. The number of anilines is 2. The van der Waals surface area contributed by atoms with Crippen molar-refractivity contribution < 1.29 is 9.59 Å². The Bertz CT molecular complexity index is 885. The van der Waals surface area contributed by atoms with Crippen molar-refractivity contribution in [1.29, 1.82) is 0 Å². The number of hydrogen-bond acceptors (Lipinski definition) is 4. The first kappa shape index (κ1) is 14.9. The number of amides is 3. The van der Waals surface area contributed by atoms with Gasteiger partial charge in [0.2, 0.25) is 6.41 Å². The van der Waals surface area contributed by atoms with E-state index < -0.39 is 6.03 Å². The quantitative estimate of drug-likeness (QED) is 0.748. The van der Waals surface area contributed by atoms with Gasteiger partial charge in [-0.3, -0.25) is 14.8 Å². The minimum atomic E-state index is -0.592. The van der Waals surface area contributed by atoms with Crippen molar-refractivity contribution >= 4 is 46.5 Å². The zero-order chi connectivity index (χ0) is 16.2. The van der Waals surface area contributed by atoms with Crippen LogP contribution in [0, 0.1) is 0 Å². The molecule has 0 aliphatic rings. The molecule has 0 atom stereocenters. The van der Waals surface area contributed by atoms with Crippen LogP contribution in [0.2, 0.25) is 5.02 Å². The molecule has 3 amide bonds. The first-order valence-electron chi connectivity index (χ1n) is 6.69. The molecule has 1 N–H and O–H groups in total. The number of nitrogens with one attached hydrogen (secondary N) is 1. The molecule has 0 aliphatic carbocycles. The van der Waals surface area contributed by atoms with E-state index in [4.69, 9.17) is 11.6 Å². The van der Waals surface area contributed by atoms with E-state index in [2.05, 4.69) is 15.3 Å². The van der Waals surface area contributed by atoms with E-state index in [-0.39, 0.29) is 0 Å². The molecule has 1 heterocycles. The first-order chi connectivity index (χ1) is 11.2. The van der Waals surface area contributed by atoms with Crippen molar-refractivity contribution in [3.63, 3.8) is 0 Å². The van der Waals surface area contributed by atoms with Crippen molar-refractivity contribution in [2.75, 3.05) is 10.2 Å². The standard InChI is InChI=1S/C16H11ClN4O2/c17-11-2-1-3-12(8-11)20-16(23)21(10-22)13-4-5-14-15(9-13)19-7-6-18-14/h1-10H,(H,20,23). The van der Waals surface area contributed by atoms with Crippen LogP contribution in [0.4, 0.5) is 16.2 Å². The first-order valence-corrected chi connectivity index (χ1v) is 7.07. The molecule has 0 aliphatic heterocycles. The number of carbonyl (C=O) groups excluding carboxylic acids is 2. The summed E-state index contributed by atoms with van der Waals surface area (Å²) in [6.07, 6.45) is 3.56. The molecular formula is C16H11ClN4O2. The van der Waals surface area contributed by atoms with Gasteiger partial charge in [0.1, 0.15) is 0 Å². The van der Waals surface area contributed by atoms with Gasteiger partial charge < -0.3 is 5.32 Å². The summed E-state index contributed by atoms with van der Waals surface area (Å²) in [5.41, 5.74) is 2.16. The maximum Gasteiger partial charge on any atom is 0.332 e. The van der Waals surface area contributed by atoms with Crippen LogP contribution in [0.1, 0.15) is 0 Å². The normalized spacial score (nSPS) is 10.3. The summed E-state index contributed by atoms with van der Waals surface area (Å²) in [5.74, 6) is 0. The molecule has 3 rings (SSSR count). The van der Waals surface area contributed by atoms with Gasteiger partial charge in [0, 0.05) is 23.1 Å². The van der Waals surface area contributed by atoms with Gasteiger partial charge in [-0.05, 0) is 36.4 Å². The van der Waals surface area contributed by atoms with Gasteiger partial charge in [0.25, 0.3) is 0 Å². The van der Waals surface area contributed by atoms with Crippen LogP contribution >= 0.6 is 11.6 Å². The van der Waals surface area contributed by atoms with Gasteiger partial charge in [0.05, 0.1) is 16.7 Å². The predicted octanol–water partition coefficient (Wildman–Crippen LogP) is 3.48. The van der Waals surface area contributed by atoms with Crippen molar-refractivity contribution in [1.82, 2.24) is 9.97 Å². The number of halogens is 1. The highest BCUT2D eigenvalue weighted by molar-refractivity contribution is 6.31. The third-order valence-electron chi connectivity index (χ3n) is 3.13. The molecular weight excluding hydrogens is 316 g/mol. The highest BCUT2D eigenvalue weighted by Crippen LogP contribution is 2.20. The minimum Gasteiger partial charge on any atom is -0.307 e. The Morgan fingerprint density at radius 2 is 1.87 bits per heavy atom.